The highest BCUT2D eigenvalue weighted by Gasteiger charge is 2.11. The predicted molar refractivity (Wildman–Crippen MR) is 75.0 cm³/mol. The van der Waals surface area contributed by atoms with E-state index < -0.39 is 0 Å². The molecule has 0 spiro atoms. The van der Waals surface area contributed by atoms with Crippen molar-refractivity contribution in [2.45, 2.75) is 26.3 Å². The summed E-state index contributed by atoms with van der Waals surface area (Å²) in [6.45, 7) is 2.55. The fourth-order valence-electron chi connectivity index (χ4n) is 2.00. The molecule has 0 fully saturated rings. The number of benzene rings is 1. The molecule has 0 amide bonds. The molecular formula is C15H19N3O. The van der Waals surface area contributed by atoms with Crippen molar-refractivity contribution in [2.75, 3.05) is 0 Å². The smallest absolute Gasteiger partial charge is 0.168 e. The quantitative estimate of drug-likeness (QED) is 0.832. The molecule has 2 rings (SSSR count). The van der Waals surface area contributed by atoms with E-state index in [1.165, 1.54) is 0 Å². The molecule has 4 heteroatoms. The topological polar surface area (TPSA) is 60.9 Å². The average Bonchev–Trinajstić information content (AvgIpc) is 2.79. The Morgan fingerprint density at radius 3 is 2.53 bits per heavy atom. The van der Waals surface area contributed by atoms with E-state index >= 15 is 0 Å². The molecule has 0 saturated carbocycles. The van der Waals surface area contributed by atoms with Crippen LogP contribution in [0.4, 0.5) is 0 Å². The van der Waals surface area contributed by atoms with E-state index in [9.17, 15) is 4.79 Å². The largest absolute Gasteiger partial charge is 0.326 e. The van der Waals surface area contributed by atoms with Crippen LogP contribution in [0.3, 0.4) is 0 Å². The van der Waals surface area contributed by atoms with E-state index in [-0.39, 0.29) is 5.78 Å². The molecule has 0 bridgehead atoms. The van der Waals surface area contributed by atoms with Crippen LogP contribution in [0.25, 0.3) is 0 Å². The van der Waals surface area contributed by atoms with E-state index in [2.05, 4.69) is 12.0 Å². The van der Waals surface area contributed by atoms with Gasteiger partial charge in [0, 0.05) is 24.8 Å². The summed E-state index contributed by atoms with van der Waals surface area (Å²) in [6, 6.07) is 9.46. The maximum absolute atomic E-state index is 12.2. The van der Waals surface area contributed by atoms with E-state index in [0.29, 0.717) is 13.0 Å². The molecular weight excluding hydrogens is 238 g/mol. The molecule has 1 aromatic heterocycles. The number of carbonyl (C=O) groups is 1. The number of nitrogens with zero attached hydrogens (tertiary/aromatic N) is 2. The Morgan fingerprint density at radius 1 is 1.32 bits per heavy atom. The van der Waals surface area contributed by atoms with Gasteiger partial charge in [-0.05, 0) is 18.1 Å². The molecule has 19 heavy (non-hydrogen) atoms. The number of hydrogen-bond donors (Lipinski definition) is 1. The number of rotatable bonds is 5. The first-order valence-corrected chi connectivity index (χ1v) is 6.48. The molecule has 1 aromatic carbocycles. The Balaban J connectivity index is 2.13. The van der Waals surface area contributed by atoms with Crippen LogP contribution >= 0.6 is 0 Å². The minimum absolute atomic E-state index is 0.106. The summed E-state index contributed by atoms with van der Waals surface area (Å²) in [5.41, 5.74) is 9.26. The van der Waals surface area contributed by atoms with Crippen LogP contribution in [0.5, 0.6) is 0 Å². The van der Waals surface area contributed by atoms with Gasteiger partial charge in [-0.2, -0.15) is 5.10 Å². The van der Waals surface area contributed by atoms with Crippen molar-refractivity contribution < 1.29 is 4.79 Å². The van der Waals surface area contributed by atoms with E-state index in [4.69, 9.17) is 5.73 Å². The molecule has 2 aromatic rings. The number of hydrogen-bond acceptors (Lipinski definition) is 3. The second-order valence-corrected chi connectivity index (χ2v) is 4.61. The van der Waals surface area contributed by atoms with Crippen molar-refractivity contribution in [2.24, 2.45) is 12.8 Å². The van der Waals surface area contributed by atoms with E-state index in [1.807, 2.05) is 37.4 Å². The van der Waals surface area contributed by atoms with Gasteiger partial charge in [0.05, 0.1) is 12.1 Å². The summed E-state index contributed by atoms with van der Waals surface area (Å²) in [4.78, 5) is 12.2. The number of Topliss-reactive ketones (excluding diaryl/α,β-unsaturated/α-hetero) is 1. The summed E-state index contributed by atoms with van der Waals surface area (Å²) in [7, 11) is 1.87. The molecule has 0 aliphatic rings. The van der Waals surface area contributed by atoms with Crippen molar-refractivity contribution in [1.82, 2.24) is 9.78 Å². The van der Waals surface area contributed by atoms with Crippen molar-refractivity contribution in [3.63, 3.8) is 0 Å². The fraction of sp³-hybridized carbons (Fsp3) is 0.333. The number of carbonyl (C=O) groups excluding carboxylic acids is 1. The summed E-state index contributed by atoms with van der Waals surface area (Å²) >= 11 is 0. The first-order valence-electron chi connectivity index (χ1n) is 6.48. The first-order chi connectivity index (χ1) is 9.13. The third-order valence-corrected chi connectivity index (χ3v) is 3.24. The van der Waals surface area contributed by atoms with Crippen LogP contribution in [0.2, 0.25) is 0 Å². The third kappa shape index (κ3) is 3.09. The Hall–Kier alpha value is -1.94. The van der Waals surface area contributed by atoms with Crippen LogP contribution in [0.1, 0.15) is 34.2 Å². The minimum atomic E-state index is 0.106. The number of ketones is 1. The first kappa shape index (κ1) is 13.5. The van der Waals surface area contributed by atoms with E-state index in [0.717, 1.165) is 28.9 Å². The molecule has 0 saturated heterocycles. The Kier molecular flexibility index (Phi) is 4.12. The lowest BCUT2D eigenvalue weighted by atomic mass is 10.0. The molecule has 0 atom stereocenters. The van der Waals surface area contributed by atoms with Gasteiger partial charge in [-0.1, -0.05) is 31.2 Å². The standard InChI is InChI=1S/C15H19N3O/c1-3-13-8-14(18(2)17-13)9-15(19)12-6-4-11(10-16)5-7-12/h4-8H,3,9-10,16H2,1-2H3. The van der Waals surface area contributed by atoms with Gasteiger partial charge in [0.2, 0.25) is 0 Å². The van der Waals surface area contributed by atoms with Gasteiger partial charge in [-0.3, -0.25) is 9.48 Å². The zero-order valence-electron chi connectivity index (χ0n) is 11.4. The normalized spacial score (nSPS) is 10.7. The van der Waals surface area contributed by atoms with Crippen LogP contribution < -0.4 is 5.73 Å². The Morgan fingerprint density at radius 2 is 2.00 bits per heavy atom. The summed E-state index contributed by atoms with van der Waals surface area (Å²) in [5.74, 6) is 0.106. The van der Waals surface area contributed by atoms with Crippen LogP contribution in [0, 0.1) is 0 Å². The van der Waals surface area contributed by atoms with Gasteiger partial charge < -0.3 is 5.73 Å². The molecule has 0 unspecified atom stereocenters. The maximum Gasteiger partial charge on any atom is 0.168 e. The zero-order valence-corrected chi connectivity index (χ0v) is 11.4. The average molecular weight is 257 g/mol. The molecule has 100 valence electrons. The van der Waals surface area contributed by atoms with Gasteiger partial charge in [0.1, 0.15) is 0 Å². The predicted octanol–water partition coefficient (Wildman–Crippen LogP) is 1.87. The van der Waals surface area contributed by atoms with Gasteiger partial charge in [0.15, 0.2) is 5.78 Å². The number of aryl methyl sites for hydroxylation is 2. The maximum atomic E-state index is 12.2. The number of aromatic nitrogens is 2. The highest BCUT2D eigenvalue weighted by molar-refractivity contribution is 5.97. The number of nitrogens with two attached hydrogens (primary N) is 1. The summed E-state index contributed by atoms with van der Waals surface area (Å²) in [5, 5.41) is 4.35. The lowest BCUT2D eigenvalue weighted by Crippen LogP contribution is -2.08. The Labute approximate surface area is 113 Å². The Bertz CT molecular complexity index is 570. The molecule has 1 heterocycles. The SMILES string of the molecule is CCc1cc(CC(=O)c2ccc(CN)cc2)n(C)n1. The fourth-order valence-corrected chi connectivity index (χ4v) is 2.00. The van der Waals surface area contributed by atoms with Gasteiger partial charge in [-0.25, -0.2) is 0 Å². The second kappa shape index (κ2) is 5.80. The minimum Gasteiger partial charge on any atom is -0.326 e. The van der Waals surface area contributed by atoms with Gasteiger partial charge >= 0.3 is 0 Å². The van der Waals surface area contributed by atoms with Crippen molar-refractivity contribution >= 4 is 5.78 Å². The van der Waals surface area contributed by atoms with Crippen molar-refractivity contribution in [1.29, 1.82) is 0 Å². The van der Waals surface area contributed by atoms with Crippen LogP contribution in [-0.2, 0) is 26.4 Å². The zero-order chi connectivity index (χ0) is 13.8. The molecule has 0 aliphatic heterocycles. The van der Waals surface area contributed by atoms with Crippen LogP contribution in [-0.4, -0.2) is 15.6 Å². The molecule has 0 radical (unpaired) electrons. The van der Waals surface area contributed by atoms with Crippen molar-refractivity contribution in [3.8, 4) is 0 Å². The highest BCUT2D eigenvalue weighted by Crippen LogP contribution is 2.10. The highest BCUT2D eigenvalue weighted by atomic mass is 16.1. The van der Waals surface area contributed by atoms with Crippen LogP contribution in [0.15, 0.2) is 30.3 Å². The lowest BCUT2D eigenvalue weighted by molar-refractivity contribution is 0.0990. The van der Waals surface area contributed by atoms with Gasteiger partial charge in [-0.15, -0.1) is 0 Å². The monoisotopic (exact) mass is 257 g/mol. The second-order valence-electron chi connectivity index (χ2n) is 4.61. The third-order valence-electron chi connectivity index (χ3n) is 3.24. The summed E-state index contributed by atoms with van der Waals surface area (Å²) in [6.07, 6.45) is 1.26. The molecule has 4 nitrogen and oxygen atoms in total. The van der Waals surface area contributed by atoms with E-state index in [1.54, 1.807) is 4.68 Å². The lowest BCUT2D eigenvalue weighted by Gasteiger charge is -2.03. The molecule has 2 N–H and O–H groups in total. The van der Waals surface area contributed by atoms with Gasteiger partial charge in [0.25, 0.3) is 0 Å². The molecule has 0 aliphatic carbocycles. The van der Waals surface area contributed by atoms with Crippen molar-refractivity contribution in [3.05, 3.63) is 52.8 Å². The summed E-state index contributed by atoms with van der Waals surface area (Å²) < 4.78 is 1.78.